The number of aryl methyl sites for hydroxylation is 1. The summed E-state index contributed by atoms with van der Waals surface area (Å²) in [5.41, 5.74) is 6.97. The molecule has 0 bridgehead atoms. The summed E-state index contributed by atoms with van der Waals surface area (Å²) in [6, 6.07) is 28.7. The van der Waals surface area contributed by atoms with Gasteiger partial charge in [0, 0.05) is 16.3 Å². The van der Waals surface area contributed by atoms with Gasteiger partial charge in [0.2, 0.25) is 0 Å². The molecule has 0 aliphatic rings. The summed E-state index contributed by atoms with van der Waals surface area (Å²) in [5.74, 6) is 1.61. The Balaban J connectivity index is 1.95. The van der Waals surface area contributed by atoms with E-state index in [1.54, 1.807) is 14.2 Å². The molecule has 32 heavy (non-hydrogen) atoms. The zero-order valence-corrected chi connectivity index (χ0v) is 18.2. The molecule has 5 aromatic rings. The van der Waals surface area contributed by atoms with Crippen molar-refractivity contribution in [1.82, 2.24) is 4.57 Å². The smallest absolute Gasteiger partial charge is 0.119 e. The molecule has 1 heterocycles. The Labute approximate surface area is 186 Å². The fraction of sp³-hybridized carbons (Fsp3) is 0.107. The van der Waals surface area contributed by atoms with Crippen LogP contribution in [0.15, 0.2) is 78.9 Å². The highest BCUT2D eigenvalue weighted by Crippen LogP contribution is 2.40. The predicted molar refractivity (Wildman–Crippen MR) is 129 cm³/mol. The third kappa shape index (κ3) is 3.07. The van der Waals surface area contributed by atoms with Crippen LogP contribution in [0.1, 0.15) is 11.1 Å². The minimum absolute atomic E-state index is 0.647. The van der Waals surface area contributed by atoms with Crippen molar-refractivity contribution in [2.45, 2.75) is 6.92 Å². The van der Waals surface area contributed by atoms with Crippen molar-refractivity contribution in [3.8, 4) is 34.4 Å². The number of nitriles is 1. The normalized spacial score (nSPS) is 10.9. The van der Waals surface area contributed by atoms with E-state index in [0.29, 0.717) is 5.56 Å². The van der Waals surface area contributed by atoms with Crippen LogP contribution >= 0.6 is 0 Å². The number of hydrogen-bond acceptors (Lipinski definition) is 3. The summed E-state index contributed by atoms with van der Waals surface area (Å²) >= 11 is 0. The second-order valence-corrected chi connectivity index (χ2v) is 7.77. The Morgan fingerprint density at radius 1 is 0.750 bits per heavy atom. The second-order valence-electron chi connectivity index (χ2n) is 7.77. The Morgan fingerprint density at radius 2 is 1.34 bits per heavy atom. The van der Waals surface area contributed by atoms with Gasteiger partial charge in [0.1, 0.15) is 11.5 Å². The molecule has 0 fully saturated rings. The van der Waals surface area contributed by atoms with E-state index in [4.69, 9.17) is 9.47 Å². The maximum atomic E-state index is 9.63. The van der Waals surface area contributed by atoms with Crippen molar-refractivity contribution in [2.24, 2.45) is 0 Å². The summed E-state index contributed by atoms with van der Waals surface area (Å²) < 4.78 is 13.3. The fourth-order valence-electron chi connectivity index (χ4n) is 4.46. The molecule has 0 aliphatic heterocycles. The molecule has 0 spiro atoms. The molecule has 0 amide bonds. The first-order chi connectivity index (χ1) is 15.6. The van der Waals surface area contributed by atoms with Crippen LogP contribution < -0.4 is 9.47 Å². The lowest BCUT2D eigenvalue weighted by Gasteiger charge is -2.17. The molecule has 4 nitrogen and oxygen atoms in total. The predicted octanol–water partition coefficient (Wildman–Crippen LogP) is 6.65. The molecule has 0 unspecified atom stereocenters. The van der Waals surface area contributed by atoms with Crippen LogP contribution in [0.25, 0.3) is 38.6 Å². The topological polar surface area (TPSA) is 47.2 Å². The minimum atomic E-state index is 0.647. The molecule has 0 radical (unpaired) electrons. The highest BCUT2D eigenvalue weighted by molar-refractivity contribution is 6.11. The van der Waals surface area contributed by atoms with E-state index in [9.17, 15) is 5.26 Å². The van der Waals surface area contributed by atoms with Crippen molar-refractivity contribution < 1.29 is 9.47 Å². The van der Waals surface area contributed by atoms with E-state index in [1.807, 2.05) is 42.5 Å². The number of rotatable bonds is 4. The van der Waals surface area contributed by atoms with Crippen molar-refractivity contribution in [3.05, 3.63) is 90.0 Å². The summed E-state index contributed by atoms with van der Waals surface area (Å²) in [4.78, 5) is 0. The molecular weight excluding hydrogens is 396 g/mol. The zero-order valence-electron chi connectivity index (χ0n) is 18.2. The number of aromatic nitrogens is 1. The van der Waals surface area contributed by atoms with Crippen LogP contribution in [0.5, 0.6) is 11.5 Å². The Kier molecular flexibility index (Phi) is 4.80. The summed E-state index contributed by atoms with van der Waals surface area (Å²) in [7, 11) is 3.36. The highest BCUT2D eigenvalue weighted by atomic mass is 16.5. The van der Waals surface area contributed by atoms with Gasteiger partial charge >= 0.3 is 0 Å². The van der Waals surface area contributed by atoms with E-state index in [2.05, 4.69) is 54.0 Å². The molecule has 4 heteroatoms. The summed E-state index contributed by atoms with van der Waals surface area (Å²) in [5, 5.41) is 11.8. The van der Waals surface area contributed by atoms with Gasteiger partial charge in [-0.25, -0.2) is 0 Å². The molecule has 156 valence electrons. The van der Waals surface area contributed by atoms with Gasteiger partial charge in [-0.15, -0.1) is 0 Å². The van der Waals surface area contributed by atoms with Crippen molar-refractivity contribution in [3.63, 3.8) is 0 Å². The van der Waals surface area contributed by atoms with Crippen LogP contribution in [0.3, 0.4) is 0 Å². The van der Waals surface area contributed by atoms with Crippen LogP contribution in [-0.2, 0) is 0 Å². The zero-order chi connectivity index (χ0) is 22.2. The van der Waals surface area contributed by atoms with E-state index in [0.717, 1.165) is 55.7 Å². The molecule has 0 saturated carbocycles. The van der Waals surface area contributed by atoms with Gasteiger partial charge in [0.15, 0.2) is 0 Å². The van der Waals surface area contributed by atoms with Gasteiger partial charge in [0.05, 0.1) is 42.6 Å². The van der Waals surface area contributed by atoms with Gasteiger partial charge in [-0.3, -0.25) is 0 Å². The van der Waals surface area contributed by atoms with E-state index < -0.39 is 0 Å². The number of hydrogen-bond donors (Lipinski definition) is 0. The standard InChI is InChI=1S/C28H22N2O2/c1-18-13-19(17-29)14-23(20-7-5-4-6-8-20)28(18)30-26-11-9-21(31-2)15-24(26)25-16-22(32-3)10-12-27(25)30/h4-16H,1-3H3. The largest absolute Gasteiger partial charge is 0.497 e. The van der Waals surface area contributed by atoms with Gasteiger partial charge in [-0.05, 0) is 66.6 Å². The van der Waals surface area contributed by atoms with E-state index in [1.165, 1.54) is 0 Å². The van der Waals surface area contributed by atoms with Crippen LogP contribution in [0.4, 0.5) is 0 Å². The van der Waals surface area contributed by atoms with Crippen LogP contribution in [0, 0.1) is 18.3 Å². The van der Waals surface area contributed by atoms with Crippen molar-refractivity contribution in [2.75, 3.05) is 14.2 Å². The van der Waals surface area contributed by atoms with Crippen LogP contribution in [0.2, 0.25) is 0 Å². The van der Waals surface area contributed by atoms with Crippen LogP contribution in [-0.4, -0.2) is 18.8 Å². The molecule has 0 atom stereocenters. The Morgan fingerprint density at radius 3 is 1.88 bits per heavy atom. The molecule has 0 aliphatic carbocycles. The first kappa shape index (κ1) is 19.7. The van der Waals surface area contributed by atoms with E-state index in [-0.39, 0.29) is 0 Å². The molecule has 1 aromatic heterocycles. The highest BCUT2D eigenvalue weighted by Gasteiger charge is 2.19. The van der Waals surface area contributed by atoms with Gasteiger partial charge in [-0.1, -0.05) is 30.3 Å². The lowest BCUT2D eigenvalue weighted by molar-refractivity contribution is 0.415. The maximum absolute atomic E-state index is 9.63. The fourth-order valence-corrected chi connectivity index (χ4v) is 4.46. The first-order valence-corrected chi connectivity index (χ1v) is 10.4. The number of ether oxygens (including phenoxy) is 2. The monoisotopic (exact) mass is 418 g/mol. The summed E-state index contributed by atoms with van der Waals surface area (Å²) in [6.07, 6.45) is 0. The second kappa shape index (κ2) is 7.79. The molecule has 0 N–H and O–H groups in total. The third-order valence-corrected chi connectivity index (χ3v) is 5.92. The average molecular weight is 418 g/mol. The van der Waals surface area contributed by atoms with Gasteiger partial charge in [-0.2, -0.15) is 5.26 Å². The molecular formula is C28H22N2O2. The van der Waals surface area contributed by atoms with Gasteiger partial charge in [0.25, 0.3) is 0 Å². The molecule has 0 saturated heterocycles. The van der Waals surface area contributed by atoms with Gasteiger partial charge < -0.3 is 14.0 Å². The lowest BCUT2D eigenvalue weighted by atomic mass is 9.97. The molecule has 4 aromatic carbocycles. The van der Waals surface area contributed by atoms with Crippen molar-refractivity contribution in [1.29, 1.82) is 5.26 Å². The third-order valence-electron chi connectivity index (χ3n) is 5.92. The van der Waals surface area contributed by atoms with Crippen molar-refractivity contribution >= 4 is 21.8 Å². The van der Waals surface area contributed by atoms with E-state index >= 15 is 0 Å². The Hall–Kier alpha value is -4.23. The quantitative estimate of drug-likeness (QED) is 0.328. The SMILES string of the molecule is COc1ccc2c(c1)c1cc(OC)ccc1n2-c1c(C)cc(C#N)cc1-c1ccccc1. The lowest BCUT2D eigenvalue weighted by Crippen LogP contribution is -2.01. The first-order valence-electron chi connectivity index (χ1n) is 10.4. The average Bonchev–Trinajstić information content (AvgIpc) is 3.16. The Bertz CT molecular complexity index is 1450. The molecule has 5 rings (SSSR count). The minimum Gasteiger partial charge on any atom is -0.497 e. The summed E-state index contributed by atoms with van der Waals surface area (Å²) in [6.45, 7) is 2.06. The number of nitrogens with zero attached hydrogens (tertiary/aromatic N) is 2. The number of benzene rings is 4. The number of fused-ring (bicyclic) bond motifs is 3. The maximum Gasteiger partial charge on any atom is 0.119 e. The number of methoxy groups -OCH3 is 2.